The molecule has 2 bridgehead atoms. The summed E-state index contributed by atoms with van der Waals surface area (Å²) in [7, 11) is 0. The van der Waals surface area contributed by atoms with E-state index in [9.17, 15) is 13.2 Å². The number of rotatable bonds is 4. The maximum atomic E-state index is 12.6. The predicted octanol–water partition coefficient (Wildman–Crippen LogP) is 3.46. The number of halogens is 3. The highest BCUT2D eigenvalue weighted by atomic mass is 19.4. The lowest BCUT2D eigenvalue weighted by Gasteiger charge is -2.49. The Balaban J connectivity index is 2.00. The minimum atomic E-state index is -4.10. The quantitative estimate of drug-likeness (QED) is 0.781. The van der Waals surface area contributed by atoms with Crippen molar-refractivity contribution in [1.29, 1.82) is 0 Å². The van der Waals surface area contributed by atoms with Crippen LogP contribution in [0.3, 0.4) is 0 Å². The molecule has 2 aliphatic heterocycles. The largest absolute Gasteiger partial charge is 0.401 e. The molecule has 0 spiro atoms. The SMILES string of the molecule is CCCC(C)C1CC2COCC(C1)N2CC(F)(F)F. The molecule has 0 saturated carbocycles. The number of morpholine rings is 1. The van der Waals surface area contributed by atoms with Crippen LogP contribution in [0.5, 0.6) is 0 Å². The van der Waals surface area contributed by atoms with Gasteiger partial charge >= 0.3 is 6.18 Å². The lowest BCUT2D eigenvalue weighted by Crippen LogP contribution is -2.59. The number of alkyl halides is 3. The Kier molecular flexibility index (Phi) is 4.77. The molecular formula is C14H24F3NO. The van der Waals surface area contributed by atoms with Gasteiger partial charge in [0.25, 0.3) is 0 Å². The summed E-state index contributed by atoms with van der Waals surface area (Å²) in [6, 6.07) is -0.0862. The number of hydrogen-bond acceptors (Lipinski definition) is 2. The normalized spacial score (nSPS) is 34.3. The zero-order valence-electron chi connectivity index (χ0n) is 11.7. The molecule has 0 amide bonds. The molecule has 3 atom stereocenters. The molecule has 3 unspecified atom stereocenters. The van der Waals surface area contributed by atoms with Crippen molar-refractivity contribution in [3.05, 3.63) is 0 Å². The molecule has 2 saturated heterocycles. The van der Waals surface area contributed by atoms with Gasteiger partial charge in [-0.1, -0.05) is 26.7 Å². The molecule has 19 heavy (non-hydrogen) atoms. The molecule has 2 fully saturated rings. The second-order valence-electron chi connectivity index (χ2n) is 6.13. The molecule has 0 aliphatic carbocycles. The third kappa shape index (κ3) is 3.85. The molecule has 0 aromatic rings. The summed E-state index contributed by atoms with van der Waals surface area (Å²) in [5.41, 5.74) is 0. The van der Waals surface area contributed by atoms with Gasteiger partial charge in [0.05, 0.1) is 19.8 Å². The predicted molar refractivity (Wildman–Crippen MR) is 68.0 cm³/mol. The van der Waals surface area contributed by atoms with Crippen molar-refractivity contribution in [3.63, 3.8) is 0 Å². The maximum absolute atomic E-state index is 12.6. The first-order valence-electron chi connectivity index (χ1n) is 7.31. The third-order valence-corrected chi connectivity index (χ3v) is 4.62. The van der Waals surface area contributed by atoms with Crippen LogP contribution in [0, 0.1) is 11.8 Å². The Labute approximate surface area is 113 Å². The van der Waals surface area contributed by atoms with E-state index in [1.807, 2.05) is 0 Å². The van der Waals surface area contributed by atoms with E-state index in [2.05, 4.69) is 13.8 Å². The lowest BCUT2D eigenvalue weighted by molar-refractivity contribution is -0.186. The summed E-state index contributed by atoms with van der Waals surface area (Å²) in [5.74, 6) is 1.17. The Hall–Kier alpha value is -0.290. The fourth-order valence-corrected chi connectivity index (χ4v) is 3.65. The summed E-state index contributed by atoms with van der Waals surface area (Å²) in [4.78, 5) is 1.64. The monoisotopic (exact) mass is 279 g/mol. The van der Waals surface area contributed by atoms with E-state index in [0.717, 1.165) is 19.3 Å². The van der Waals surface area contributed by atoms with Gasteiger partial charge < -0.3 is 4.74 Å². The molecule has 2 rings (SSSR count). The van der Waals surface area contributed by atoms with Crippen LogP contribution in [0.1, 0.15) is 39.5 Å². The average molecular weight is 279 g/mol. The van der Waals surface area contributed by atoms with Gasteiger partial charge in [-0.2, -0.15) is 13.2 Å². The molecule has 5 heteroatoms. The van der Waals surface area contributed by atoms with Crippen molar-refractivity contribution in [1.82, 2.24) is 4.90 Å². The van der Waals surface area contributed by atoms with E-state index >= 15 is 0 Å². The van der Waals surface area contributed by atoms with Crippen LogP contribution in [-0.4, -0.2) is 42.9 Å². The molecule has 2 aliphatic rings. The van der Waals surface area contributed by atoms with Gasteiger partial charge in [-0.3, -0.25) is 4.90 Å². The molecule has 112 valence electrons. The number of nitrogens with zero attached hydrogens (tertiary/aromatic N) is 1. The van der Waals surface area contributed by atoms with Crippen molar-refractivity contribution in [2.24, 2.45) is 11.8 Å². The number of ether oxygens (including phenoxy) is 1. The van der Waals surface area contributed by atoms with E-state index in [1.54, 1.807) is 4.90 Å². The van der Waals surface area contributed by atoms with Gasteiger partial charge in [-0.05, 0) is 24.7 Å². The molecule has 0 radical (unpaired) electrons. The Bertz CT molecular complexity index is 281. The van der Waals surface area contributed by atoms with Crippen LogP contribution in [0.15, 0.2) is 0 Å². The average Bonchev–Trinajstić information content (AvgIpc) is 2.26. The van der Waals surface area contributed by atoms with Gasteiger partial charge in [0.15, 0.2) is 0 Å². The molecule has 2 heterocycles. The Morgan fingerprint density at radius 1 is 1.21 bits per heavy atom. The van der Waals surface area contributed by atoms with E-state index < -0.39 is 12.7 Å². The third-order valence-electron chi connectivity index (χ3n) is 4.62. The Morgan fingerprint density at radius 3 is 2.26 bits per heavy atom. The van der Waals surface area contributed by atoms with Crippen molar-refractivity contribution in [2.75, 3.05) is 19.8 Å². The van der Waals surface area contributed by atoms with E-state index in [0.29, 0.717) is 25.0 Å². The zero-order chi connectivity index (χ0) is 14.0. The highest BCUT2D eigenvalue weighted by molar-refractivity contribution is 4.93. The molecule has 0 aromatic carbocycles. The van der Waals surface area contributed by atoms with Crippen LogP contribution in [0.4, 0.5) is 13.2 Å². The summed E-state index contributed by atoms with van der Waals surface area (Å²) >= 11 is 0. The minimum Gasteiger partial charge on any atom is -0.378 e. The van der Waals surface area contributed by atoms with Gasteiger partial charge in [0.1, 0.15) is 0 Å². The van der Waals surface area contributed by atoms with Gasteiger partial charge in [0, 0.05) is 12.1 Å². The second kappa shape index (κ2) is 6.00. The summed E-state index contributed by atoms with van der Waals surface area (Å²) in [5, 5.41) is 0. The van der Waals surface area contributed by atoms with Crippen molar-refractivity contribution in [3.8, 4) is 0 Å². The summed E-state index contributed by atoms with van der Waals surface area (Å²) in [6.45, 7) is 4.55. The number of piperidine rings is 1. The van der Waals surface area contributed by atoms with Crippen LogP contribution < -0.4 is 0 Å². The van der Waals surface area contributed by atoms with Crippen molar-refractivity contribution in [2.45, 2.75) is 57.8 Å². The van der Waals surface area contributed by atoms with Gasteiger partial charge in [-0.25, -0.2) is 0 Å². The van der Waals surface area contributed by atoms with Crippen LogP contribution in [0.2, 0.25) is 0 Å². The number of fused-ring (bicyclic) bond motifs is 2. The molecule has 0 N–H and O–H groups in total. The van der Waals surface area contributed by atoms with Crippen molar-refractivity contribution < 1.29 is 17.9 Å². The Morgan fingerprint density at radius 2 is 1.79 bits per heavy atom. The molecule has 2 nitrogen and oxygen atoms in total. The van der Waals surface area contributed by atoms with E-state index in [1.165, 1.54) is 6.42 Å². The first-order valence-corrected chi connectivity index (χ1v) is 7.31. The van der Waals surface area contributed by atoms with Gasteiger partial charge in [-0.15, -0.1) is 0 Å². The maximum Gasteiger partial charge on any atom is 0.401 e. The topological polar surface area (TPSA) is 12.5 Å². The van der Waals surface area contributed by atoms with E-state index in [-0.39, 0.29) is 12.1 Å². The summed E-state index contributed by atoms with van der Waals surface area (Å²) < 4.78 is 43.4. The van der Waals surface area contributed by atoms with E-state index in [4.69, 9.17) is 4.74 Å². The molecular weight excluding hydrogens is 255 g/mol. The fraction of sp³-hybridized carbons (Fsp3) is 1.00. The van der Waals surface area contributed by atoms with Crippen LogP contribution in [0.25, 0.3) is 0 Å². The standard InChI is InChI=1S/C14H24F3NO/c1-3-4-10(2)11-5-12-7-19-8-13(6-11)18(12)9-14(15,16)17/h10-13H,3-9H2,1-2H3. The van der Waals surface area contributed by atoms with Crippen LogP contribution in [-0.2, 0) is 4.74 Å². The highest BCUT2D eigenvalue weighted by Crippen LogP contribution is 2.38. The zero-order valence-corrected chi connectivity index (χ0v) is 11.7. The highest BCUT2D eigenvalue weighted by Gasteiger charge is 2.44. The smallest absolute Gasteiger partial charge is 0.378 e. The van der Waals surface area contributed by atoms with Crippen LogP contribution >= 0.6 is 0 Å². The minimum absolute atomic E-state index is 0.0431. The summed E-state index contributed by atoms with van der Waals surface area (Å²) in [6.07, 6.45) is -0.0722. The number of hydrogen-bond donors (Lipinski definition) is 0. The van der Waals surface area contributed by atoms with Crippen molar-refractivity contribution >= 4 is 0 Å². The first kappa shape index (κ1) is 15.1. The van der Waals surface area contributed by atoms with Gasteiger partial charge in [0.2, 0.25) is 0 Å². The lowest BCUT2D eigenvalue weighted by atomic mass is 9.76. The molecule has 0 aromatic heterocycles. The second-order valence-corrected chi connectivity index (χ2v) is 6.13. The first-order chi connectivity index (χ1) is 8.90. The fourth-order valence-electron chi connectivity index (χ4n) is 3.65.